The first-order valence-electron chi connectivity index (χ1n) is 9.76. The third kappa shape index (κ3) is 6.15. The van der Waals surface area contributed by atoms with Crippen molar-refractivity contribution in [1.82, 2.24) is 4.31 Å². The number of ether oxygens (including phenoxy) is 1. The first-order valence-corrected chi connectivity index (χ1v) is 10.5. The Kier molecular flexibility index (Phi) is 7.95. The lowest BCUT2D eigenvalue weighted by molar-refractivity contribution is -0.137. The van der Waals surface area contributed by atoms with E-state index in [0.29, 0.717) is 16.3 Å². The smallest absolute Gasteiger partial charge is 0.416 e. The van der Waals surface area contributed by atoms with Gasteiger partial charge in [-0.05, 0) is 48.0 Å². The number of amides is 3. The Balaban J connectivity index is 1.85. The normalized spacial score (nSPS) is 11.9. The van der Waals surface area contributed by atoms with Gasteiger partial charge in [0.15, 0.2) is 0 Å². The summed E-state index contributed by atoms with van der Waals surface area (Å²) in [4.78, 5) is 26.1. The number of rotatable bonds is 6. The van der Waals surface area contributed by atoms with E-state index in [9.17, 15) is 22.8 Å². The van der Waals surface area contributed by atoms with Gasteiger partial charge in [-0.1, -0.05) is 54.7 Å². The SMILES string of the molecule is COc1ccc(Cl)cc1NC(=O)N(S)C(C(=O)Nc1ccc(C(F)(F)F)cc1)c1ccccc1. The molecule has 0 aliphatic carbocycles. The predicted molar refractivity (Wildman–Crippen MR) is 127 cm³/mol. The average Bonchev–Trinajstić information content (AvgIpc) is 2.80. The van der Waals surface area contributed by atoms with Gasteiger partial charge in [-0.15, -0.1) is 0 Å². The van der Waals surface area contributed by atoms with E-state index in [4.69, 9.17) is 16.3 Å². The van der Waals surface area contributed by atoms with Gasteiger partial charge in [-0.3, -0.25) is 9.10 Å². The van der Waals surface area contributed by atoms with Gasteiger partial charge >= 0.3 is 12.2 Å². The average molecular weight is 510 g/mol. The summed E-state index contributed by atoms with van der Waals surface area (Å²) >= 11 is 10.2. The molecule has 0 heterocycles. The van der Waals surface area contributed by atoms with E-state index in [0.717, 1.165) is 28.6 Å². The molecule has 6 nitrogen and oxygen atoms in total. The van der Waals surface area contributed by atoms with Crippen LogP contribution in [0.15, 0.2) is 72.8 Å². The molecule has 0 bridgehead atoms. The van der Waals surface area contributed by atoms with E-state index >= 15 is 0 Å². The quantitative estimate of drug-likeness (QED) is 0.335. The third-order valence-electron chi connectivity index (χ3n) is 4.70. The summed E-state index contributed by atoms with van der Waals surface area (Å²) in [7, 11) is 1.42. The zero-order valence-corrected chi connectivity index (χ0v) is 19.3. The van der Waals surface area contributed by atoms with Gasteiger partial charge in [-0.2, -0.15) is 13.2 Å². The molecule has 178 valence electrons. The Labute approximate surface area is 204 Å². The van der Waals surface area contributed by atoms with Crippen LogP contribution in [0.2, 0.25) is 5.02 Å². The van der Waals surface area contributed by atoms with Gasteiger partial charge in [0.25, 0.3) is 5.91 Å². The third-order valence-corrected chi connectivity index (χ3v) is 5.35. The summed E-state index contributed by atoms with van der Waals surface area (Å²) in [6.07, 6.45) is -4.50. The maximum Gasteiger partial charge on any atom is 0.416 e. The Morgan fingerprint density at radius 3 is 2.24 bits per heavy atom. The maximum atomic E-state index is 13.1. The van der Waals surface area contributed by atoms with Gasteiger partial charge in [0.2, 0.25) is 0 Å². The number of methoxy groups -OCH3 is 1. The fourth-order valence-corrected chi connectivity index (χ4v) is 3.52. The molecule has 0 spiro atoms. The number of thiol groups is 1. The summed E-state index contributed by atoms with van der Waals surface area (Å²) in [5.74, 6) is -0.348. The minimum Gasteiger partial charge on any atom is -0.495 e. The maximum absolute atomic E-state index is 13.1. The number of nitrogens with zero attached hydrogens (tertiary/aromatic N) is 1. The van der Waals surface area contributed by atoms with Crippen LogP contribution in [-0.2, 0) is 11.0 Å². The van der Waals surface area contributed by atoms with Crippen molar-refractivity contribution in [3.05, 3.63) is 88.9 Å². The van der Waals surface area contributed by atoms with Crippen LogP contribution >= 0.6 is 24.4 Å². The molecule has 0 saturated heterocycles. The molecule has 0 aromatic heterocycles. The lowest BCUT2D eigenvalue weighted by Crippen LogP contribution is -2.38. The number of nitrogens with one attached hydrogen (secondary N) is 2. The van der Waals surface area contributed by atoms with Gasteiger partial charge < -0.3 is 15.4 Å². The highest BCUT2D eigenvalue weighted by molar-refractivity contribution is 7.78. The number of benzene rings is 3. The van der Waals surface area contributed by atoms with Crippen molar-refractivity contribution in [3.63, 3.8) is 0 Å². The molecule has 1 unspecified atom stereocenters. The van der Waals surface area contributed by atoms with Crippen LogP contribution < -0.4 is 15.4 Å². The van der Waals surface area contributed by atoms with Crippen molar-refractivity contribution in [2.75, 3.05) is 17.7 Å². The molecule has 2 N–H and O–H groups in total. The highest BCUT2D eigenvalue weighted by atomic mass is 35.5. The molecule has 3 aromatic rings. The minimum absolute atomic E-state index is 0.123. The number of alkyl halides is 3. The summed E-state index contributed by atoms with van der Waals surface area (Å²) in [5.41, 5.74) is -0.0440. The molecular formula is C23H19ClF3N3O3S. The number of carbonyl (C=O) groups excluding carboxylic acids is 2. The van der Waals surface area contributed by atoms with Crippen LogP contribution in [0.3, 0.4) is 0 Å². The largest absolute Gasteiger partial charge is 0.495 e. The van der Waals surface area contributed by atoms with E-state index in [1.54, 1.807) is 42.5 Å². The van der Waals surface area contributed by atoms with Crippen molar-refractivity contribution in [2.45, 2.75) is 12.2 Å². The highest BCUT2D eigenvalue weighted by Gasteiger charge is 2.32. The first-order chi connectivity index (χ1) is 16.1. The lowest BCUT2D eigenvalue weighted by Gasteiger charge is -2.27. The first kappa shape index (κ1) is 25.3. The monoisotopic (exact) mass is 509 g/mol. The molecule has 34 heavy (non-hydrogen) atoms. The van der Waals surface area contributed by atoms with E-state index in [1.807, 2.05) is 0 Å². The number of hydrogen-bond acceptors (Lipinski definition) is 4. The van der Waals surface area contributed by atoms with E-state index in [-0.39, 0.29) is 11.4 Å². The molecule has 3 amide bonds. The topological polar surface area (TPSA) is 70.7 Å². The second-order valence-corrected chi connectivity index (χ2v) is 7.86. The summed E-state index contributed by atoms with van der Waals surface area (Å²) in [5, 5.41) is 5.47. The van der Waals surface area contributed by atoms with Crippen molar-refractivity contribution in [2.24, 2.45) is 0 Å². The molecule has 1 atom stereocenters. The van der Waals surface area contributed by atoms with Gasteiger partial charge in [0.1, 0.15) is 11.8 Å². The summed E-state index contributed by atoms with van der Waals surface area (Å²) in [6, 6.07) is 14.9. The van der Waals surface area contributed by atoms with Crippen LogP contribution in [0, 0.1) is 0 Å². The Morgan fingerprint density at radius 1 is 1.00 bits per heavy atom. The molecule has 0 aliphatic rings. The minimum atomic E-state index is -4.50. The highest BCUT2D eigenvalue weighted by Crippen LogP contribution is 2.32. The Morgan fingerprint density at radius 2 is 1.65 bits per heavy atom. The predicted octanol–water partition coefficient (Wildman–Crippen LogP) is 6.43. The van der Waals surface area contributed by atoms with Crippen LogP contribution in [0.4, 0.5) is 29.3 Å². The van der Waals surface area contributed by atoms with E-state index in [2.05, 4.69) is 23.4 Å². The van der Waals surface area contributed by atoms with Crippen molar-refractivity contribution in [3.8, 4) is 5.75 Å². The number of halogens is 4. The lowest BCUT2D eigenvalue weighted by atomic mass is 10.1. The van der Waals surface area contributed by atoms with Crippen molar-refractivity contribution in [1.29, 1.82) is 0 Å². The van der Waals surface area contributed by atoms with Gasteiger partial charge in [-0.25, -0.2) is 4.79 Å². The molecule has 3 aromatic carbocycles. The van der Waals surface area contributed by atoms with E-state index < -0.39 is 29.7 Å². The van der Waals surface area contributed by atoms with Crippen LogP contribution in [0.5, 0.6) is 5.75 Å². The Bertz CT molecular complexity index is 1160. The van der Waals surface area contributed by atoms with Crippen LogP contribution in [-0.4, -0.2) is 23.4 Å². The standard InChI is InChI=1S/C23H19ClF3N3O3S/c1-33-19-12-9-16(24)13-18(19)29-22(32)30(34)20(14-5-3-2-4-6-14)21(31)28-17-10-7-15(8-11-17)23(25,26)27/h2-13,20,34H,1H3,(H,28,31)(H,29,32). The molecule has 0 fully saturated rings. The number of anilines is 2. The van der Waals surface area contributed by atoms with Gasteiger partial charge in [0.05, 0.1) is 18.4 Å². The van der Waals surface area contributed by atoms with Crippen LogP contribution in [0.25, 0.3) is 0 Å². The molecule has 0 aliphatic heterocycles. The second kappa shape index (κ2) is 10.7. The zero-order chi connectivity index (χ0) is 24.9. The fourth-order valence-electron chi connectivity index (χ4n) is 3.06. The zero-order valence-electron chi connectivity index (χ0n) is 17.6. The van der Waals surface area contributed by atoms with Gasteiger partial charge in [0, 0.05) is 10.7 Å². The number of urea groups is 1. The molecule has 0 saturated carbocycles. The fraction of sp³-hybridized carbons (Fsp3) is 0.130. The van der Waals surface area contributed by atoms with Crippen molar-refractivity contribution < 1.29 is 27.5 Å². The molecule has 0 radical (unpaired) electrons. The number of hydrogen-bond donors (Lipinski definition) is 3. The number of carbonyl (C=O) groups is 2. The summed E-state index contributed by atoms with van der Waals surface area (Å²) < 4.78 is 44.5. The molecule has 11 heteroatoms. The summed E-state index contributed by atoms with van der Waals surface area (Å²) in [6.45, 7) is 0. The second-order valence-electron chi connectivity index (χ2n) is 7.00. The van der Waals surface area contributed by atoms with Crippen LogP contribution in [0.1, 0.15) is 17.2 Å². The van der Waals surface area contributed by atoms with Crippen molar-refractivity contribution >= 4 is 47.7 Å². The molecule has 3 rings (SSSR count). The van der Waals surface area contributed by atoms with E-state index in [1.165, 1.54) is 13.2 Å². The Hall–Kier alpha value is -3.37. The molecular weight excluding hydrogens is 491 g/mol.